The van der Waals surface area contributed by atoms with Crippen molar-refractivity contribution in [2.45, 2.75) is 13.3 Å². The molecule has 8 heteroatoms. The molecule has 0 spiro atoms. The summed E-state index contributed by atoms with van der Waals surface area (Å²) in [4.78, 5) is 33.9. The first kappa shape index (κ1) is 16.5. The molecule has 0 aliphatic carbocycles. The molecule has 7 nitrogen and oxygen atoms in total. The van der Waals surface area contributed by atoms with Gasteiger partial charge in [0.05, 0.1) is 15.9 Å². The minimum Gasteiger partial charge on any atom is -0.330 e. The number of thiazole rings is 1. The SMILES string of the molecule is CCc1cnc2c(c1Nc1nc3ccccc3s1)c(=O)n(C)c(=O)n2C. The summed E-state index contributed by atoms with van der Waals surface area (Å²) in [5.74, 6) is 0. The summed E-state index contributed by atoms with van der Waals surface area (Å²) >= 11 is 1.52. The van der Waals surface area contributed by atoms with E-state index in [1.165, 1.54) is 23.0 Å². The van der Waals surface area contributed by atoms with Gasteiger partial charge in [0.1, 0.15) is 5.39 Å². The predicted molar refractivity (Wildman–Crippen MR) is 105 cm³/mol. The lowest BCUT2D eigenvalue weighted by Crippen LogP contribution is -2.37. The van der Waals surface area contributed by atoms with Crippen LogP contribution in [0.25, 0.3) is 21.3 Å². The van der Waals surface area contributed by atoms with Crippen LogP contribution in [0.15, 0.2) is 40.1 Å². The van der Waals surface area contributed by atoms with Gasteiger partial charge in [-0.05, 0) is 24.1 Å². The van der Waals surface area contributed by atoms with E-state index in [0.29, 0.717) is 28.3 Å². The number of anilines is 2. The number of fused-ring (bicyclic) bond motifs is 2. The summed E-state index contributed by atoms with van der Waals surface area (Å²) in [6, 6.07) is 7.86. The van der Waals surface area contributed by atoms with Gasteiger partial charge in [-0.15, -0.1) is 0 Å². The first-order valence-electron chi connectivity index (χ1n) is 8.21. The molecule has 0 radical (unpaired) electrons. The van der Waals surface area contributed by atoms with Crippen LogP contribution >= 0.6 is 11.3 Å². The predicted octanol–water partition coefficient (Wildman–Crippen LogP) is 2.55. The maximum atomic E-state index is 12.8. The molecule has 26 heavy (non-hydrogen) atoms. The minimum absolute atomic E-state index is 0.360. The van der Waals surface area contributed by atoms with Gasteiger partial charge in [0.15, 0.2) is 10.8 Å². The van der Waals surface area contributed by atoms with Crippen LogP contribution in [-0.4, -0.2) is 19.1 Å². The Morgan fingerprint density at radius 3 is 2.65 bits per heavy atom. The van der Waals surface area contributed by atoms with Crippen molar-refractivity contribution in [3.63, 3.8) is 0 Å². The zero-order valence-corrected chi connectivity index (χ0v) is 15.4. The highest BCUT2D eigenvalue weighted by molar-refractivity contribution is 7.22. The molecule has 3 aromatic heterocycles. The first-order valence-corrected chi connectivity index (χ1v) is 9.03. The van der Waals surface area contributed by atoms with Crippen molar-refractivity contribution < 1.29 is 0 Å². The number of hydrogen-bond donors (Lipinski definition) is 1. The summed E-state index contributed by atoms with van der Waals surface area (Å²) in [5.41, 5.74) is 2.05. The number of rotatable bonds is 3. The van der Waals surface area contributed by atoms with E-state index < -0.39 is 5.69 Å². The number of nitrogens with zero attached hydrogens (tertiary/aromatic N) is 4. The van der Waals surface area contributed by atoms with E-state index >= 15 is 0 Å². The second kappa shape index (κ2) is 6.06. The molecular formula is C18H17N5O2S. The van der Waals surface area contributed by atoms with E-state index in [0.717, 1.165) is 20.3 Å². The summed E-state index contributed by atoms with van der Waals surface area (Å²) in [6.45, 7) is 2.00. The summed E-state index contributed by atoms with van der Waals surface area (Å²) in [7, 11) is 3.09. The first-order chi connectivity index (χ1) is 12.5. The Kier molecular flexibility index (Phi) is 3.84. The van der Waals surface area contributed by atoms with Gasteiger partial charge in [0.25, 0.3) is 5.56 Å². The zero-order valence-electron chi connectivity index (χ0n) is 14.6. The molecular weight excluding hydrogens is 350 g/mol. The summed E-state index contributed by atoms with van der Waals surface area (Å²) in [6.07, 6.45) is 2.40. The molecule has 0 aliphatic heterocycles. The Morgan fingerprint density at radius 2 is 1.92 bits per heavy atom. The van der Waals surface area contributed by atoms with Crippen LogP contribution in [0.4, 0.5) is 10.8 Å². The van der Waals surface area contributed by atoms with Crippen LogP contribution in [0.1, 0.15) is 12.5 Å². The third-order valence-corrected chi connectivity index (χ3v) is 5.41. The second-order valence-electron chi connectivity index (χ2n) is 6.03. The van der Waals surface area contributed by atoms with Crippen molar-refractivity contribution >= 4 is 43.4 Å². The third kappa shape index (κ3) is 2.41. The van der Waals surface area contributed by atoms with Crippen LogP contribution in [0, 0.1) is 0 Å². The van der Waals surface area contributed by atoms with Gasteiger partial charge in [0, 0.05) is 20.3 Å². The Bertz CT molecular complexity index is 1240. The van der Waals surface area contributed by atoms with Crippen LogP contribution in [0.5, 0.6) is 0 Å². The number of nitrogens with one attached hydrogen (secondary N) is 1. The molecule has 0 amide bonds. The fourth-order valence-corrected chi connectivity index (χ4v) is 3.88. The lowest BCUT2D eigenvalue weighted by molar-refractivity contribution is 0.707. The average Bonchev–Trinajstić information content (AvgIpc) is 3.06. The van der Waals surface area contributed by atoms with Gasteiger partial charge in [-0.1, -0.05) is 30.4 Å². The van der Waals surface area contributed by atoms with Gasteiger partial charge < -0.3 is 5.32 Å². The Morgan fingerprint density at radius 1 is 1.15 bits per heavy atom. The lowest BCUT2D eigenvalue weighted by Gasteiger charge is -2.14. The van der Waals surface area contributed by atoms with Crippen molar-refractivity contribution in [3.05, 3.63) is 56.9 Å². The smallest absolute Gasteiger partial charge is 0.330 e. The maximum Gasteiger partial charge on any atom is 0.332 e. The van der Waals surface area contributed by atoms with E-state index in [-0.39, 0.29) is 5.56 Å². The minimum atomic E-state index is -0.398. The fraction of sp³-hybridized carbons (Fsp3) is 0.222. The van der Waals surface area contributed by atoms with Crippen LogP contribution in [-0.2, 0) is 20.5 Å². The molecule has 4 aromatic rings. The fourth-order valence-electron chi connectivity index (χ4n) is 3.01. The topological polar surface area (TPSA) is 81.8 Å². The molecule has 132 valence electrons. The molecule has 0 aliphatic rings. The van der Waals surface area contributed by atoms with Crippen molar-refractivity contribution in [1.29, 1.82) is 0 Å². The normalized spacial score (nSPS) is 11.3. The highest BCUT2D eigenvalue weighted by Crippen LogP contribution is 2.31. The molecule has 0 saturated heterocycles. The molecule has 3 heterocycles. The molecule has 4 rings (SSSR count). The number of hydrogen-bond acceptors (Lipinski definition) is 6. The Balaban J connectivity index is 2.01. The molecule has 0 saturated carbocycles. The molecule has 1 aromatic carbocycles. The Hall–Kier alpha value is -3.00. The third-order valence-electron chi connectivity index (χ3n) is 4.45. The van der Waals surface area contributed by atoms with E-state index in [1.807, 2.05) is 31.2 Å². The molecule has 0 atom stereocenters. The van der Waals surface area contributed by atoms with Gasteiger partial charge in [-0.3, -0.25) is 13.9 Å². The quantitative estimate of drug-likeness (QED) is 0.602. The van der Waals surface area contributed by atoms with E-state index in [1.54, 1.807) is 13.2 Å². The van der Waals surface area contributed by atoms with E-state index in [9.17, 15) is 9.59 Å². The number of aryl methyl sites for hydroxylation is 2. The largest absolute Gasteiger partial charge is 0.332 e. The van der Waals surface area contributed by atoms with E-state index in [4.69, 9.17) is 0 Å². The standard InChI is InChI=1S/C18H17N5O2S/c1-4-10-9-19-15-13(16(24)23(3)18(25)22(15)2)14(10)21-17-20-11-7-5-6-8-12(11)26-17/h5-9H,4H2,1-3H3,(H,19,20,21). The van der Waals surface area contributed by atoms with Crippen molar-refractivity contribution in [3.8, 4) is 0 Å². The summed E-state index contributed by atoms with van der Waals surface area (Å²) in [5, 5.41) is 4.40. The summed E-state index contributed by atoms with van der Waals surface area (Å²) < 4.78 is 3.55. The van der Waals surface area contributed by atoms with Crippen molar-refractivity contribution in [2.24, 2.45) is 14.1 Å². The number of pyridine rings is 1. The van der Waals surface area contributed by atoms with Crippen molar-refractivity contribution in [2.75, 3.05) is 5.32 Å². The number of aromatic nitrogens is 4. The monoisotopic (exact) mass is 367 g/mol. The molecule has 0 unspecified atom stereocenters. The number of benzene rings is 1. The van der Waals surface area contributed by atoms with Crippen molar-refractivity contribution in [1.82, 2.24) is 19.1 Å². The van der Waals surface area contributed by atoms with Gasteiger partial charge in [-0.25, -0.2) is 14.8 Å². The van der Waals surface area contributed by atoms with Crippen LogP contribution in [0.3, 0.4) is 0 Å². The maximum absolute atomic E-state index is 12.8. The van der Waals surface area contributed by atoms with Crippen LogP contribution < -0.4 is 16.6 Å². The molecule has 1 N–H and O–H groups in total. The highest BCUT2D eigenvalue weighted by Gasteiger charge is 2.17. The van der Waals surface area contributed by atoms with Gasteiger partial charge in [-0.2, -0.15) is 0 Å². The zero-order chi connectivity index (χ0) is 18.4. The number of para-hydroxylation sites is 1. The Labute approximate surface area is 152 Å². The van der Waals surface area contributed by atoms with E-state index in [2.05, 4.69) is 15.3 Å². The van der Waals surface area contributed by atoms with Crippen LogP contribution in [0.2, 0.25) is 0 Å². The molecule has 0 fully saturated rings. The van der Waals surface area contributed by atoms with Gasteiger partial charge >= 0.3 is 5.69 Å². The lowest BCUT2D eigenvalue weighted by atomic mass is 10.1. The second-order valence-corrected chi connectivity index (χ2v) is 7.06. The highest BCUT2D eigenvalue weighted by atomic mass is 32.1. The average molecular weight is 367 g/mol. The van der Waals surface area contributed by atoms with Gasteiger partial charge in [0.2, 0.25) is 0 Å². The molecule has 0 bridgehead atoms.